The molecule has 2 heterocycles. The van der Waals surface area contributed by atoms with E-state index in [2.05, 4.69) is 15.5 Å². The zero-order valence-electron chi connectivity index (χ0n) is 24.0. The largest absolute Gasteiger partial charge is 0.487 e. The number of morpholine rings is 1. The van der Waals surface area contributed by atoms with Gasteiger partial charge in [0.2, 0.25) is 5.91 Å². The smallest absolute Gasteiger partial charge is 0.321 e. The normalized spacial score (nSPS) is 20.2. The lowest BCUT2D eigenvalue weighted by Gasteiger charge is -2.38. The highest BCUT2D eigenvalue weighted by molar-refractivity contribution is 6.00. The van der Waals surface area contributed by atoms with Crippen LogP contribution in [0.3, 0.4) is 0 Å². The van der Waals surface area contributed by atoms with E-state index in [9.17, 15) is 19.5 Å². The third-order valence-corrected chi connectivity index (χ3v) is 7.53. The molecule has 2 aromatic rings. The molecule has 0 spiro atoms. The fraction of sp³-hybridized carbons (Fsp3) is 0.500. The monoisotopic (exact) mass is 567 g/mol. The molecular formula is C30H41N5O6. The number of rotatable bonds is 9. The highest BCUT2D eigenvalue weighted by atomic mass is 16.5. The standard InChI is InChI=1S/C30H41N5O6/c1-21-18-35(22(2)20-36)29(38)25-17-24(31-28(37)11-12-34-13-15-40-16-14-34)9-10-26(25)41-27(21)19-33(3)30(39)32-23-7-5-4-6-8-23/h4-10,17,21-22,27,36H,11-16,18-20H2,1-3H3,(H,31,37)(H,32,39)/t21-,22-,27-/m0/s1. The lowest BCUT2D eigenvalue weighted by molar-refractivity contribution is -0.116. The maximum atomic E-state index is 13.7. The van der Waals surface area contributed by atoms with Gasteiger partial charge in [-0.2, -0.15) is 0 Å². The highest BCUT2D eigenvalue weighted by Crippen LogP contribution is 2.31. The minimum atomic E-state index is -0.435. The van der Waals surface area contributed by atoms with Gasteiger partial charge in [0, 0.05) is 56.9 Å². The van der Waals surface area contributed by atoms with Crippen molar-refractivity contribution in [1.82, 2.24) is 14.7 Å². The van der Waals surface area contributed by atoms with Crippen molar-refractivity contribution >= 4 is 29.2 Å². The molecular weight excluding hydrogens is 526 g/mol. The van der Waals surface area contributed by atoms with Crippen molar-refractivity contribution < 1.29 is 29.0 Å². The van der Waals surface area contributed by atoms with Gasteiger partial charge in [0.1, 0.15) is 11.9 Å². The molecule has 3 atom stereocenters. The molecule has 4 amide bonds. The Labute approximate surface area is 241 Å². The number of anilines is 2. The molecule has 2 aliphatic heterocycles. The van der Waals surface area contributed by atoms with E-state index < -0.39 is 12.1 Å². The van der Waals surface area contributed by atoms with Crippen molar-refractivity contribution in [3.63, 3.8) is 0 Å². The van der Waals surface area contributed by atoms with Gasteiger partial charge < -0.3 is 35.0 Å². The number of carbonyl (C=O) groups excluding carboxylic acids is 3. The van der Waals surface area contributed by atoms with E-state index in [1.54, 1.807) is 42.0 Å². The van der Waals surface area contributed by atoms with Crippen molar-refractivity contribution in [3.8, 4) is 5.75 Å². The highest BCUT2D eigenvalue weighted by Gasteiger charge is 2.34. The van der Waals surface area contributed by atoms with Gasteiger partial charge in [-0.05, 0) is 37.3 Å². The predicted molar refractivity (Wildman–Crippen MR) is 156 cm³/mol. The van der Waals surface area contributed by atoms with Crippen LogP contribution in [0.15, 0.2) is 48.5 Å². The van der Waals surface area contributed by atoms with Gasteiger partial charge in [0.25, 0.3) is 5.91 Å². The van der Waals surface area contributed by atoms with Crippen LogP contribution in [0, 0.1) is 5.92 Å². The Bertz CT molecular complexity index is 1190. The van der Waals surface area contributed by atoms with Gasteiger partial charge in [-0.15, -0.1) is 0 Å². The van der Waals surface area contributed by atoms with E-state index in [-0.39, 0.29) is 36.9 Å². The van der Waals surface area contributed by atoms with Crippen molar-refractivity contribution in [1.29, 1.82) is 0 Å². The number of urea groups is 1. The Kier molecular flexibility index (Phi) is 10.6. The summed E-state index contributed by atoms with van der Waals surface area (Å²) in [5.41, 5.74) is 1.48. The Hall–Kier alpha value is -3.67. The summed E-state index contributed by atoms with van der Waals surface area (Å²) in [6, 6.07) is 13.5. The molecule has 0 aliphatic carbocycles. The zero-order chi connectivity index (χ0) is 29.4. The molecule has 0 bridgehead atoms. The number of hydrogen-bond donors (Lipinski definition) is 3. The third-order valence-electron chi connectivity index (χ3n) is 7.53. The fourth-order valence-electron chi connectivity index (χ4n) is 4.92. The van der Waals surface area contributed by atoms with E-state index in [1.165, 1.54) is 0 Å². The van der Waals surface area contributed by atoms with Crippen LogP contribution in [0.1, 0.15) is 30.6 Å². The lowest BCUT2D eigenvalue weighted by atomic mass is 9.99. The van der Waals surface area contributed by atoms with Crippen molar-refractivity contribution in [2.45, 2.75) is 32.4 Å². The first-order valence-electron chi connectivity index (χ1n) is 14.1. The number of ether oxygens (including phenoxy) is 2. The molecule has 0 radical (unpaired) electrons. The van der Waals surface area contributed by atoms with Crippen LogP contribution >= 0.6 is 0 Å². The van der Waals surface area contributed by atoms with Crippen LogP contribution in [0.25, 0.3) is 0 Å². The van der Waals surface area contributed by atoms with Crippen molar-refractivity contribution in [2.24, 2.45) is 5.92 Å². The fourth-order valence-corrected chi connectivity index (χ4v) is 4.92. The molecule has 2 aromatic carbocycles. The van der Waals surface area contributed by atoms with Crippen LogP contribution < -0.4 is 15.4 Å². The Morgan fingerprint density at radius 1 is 1.10 bits per heavy atom. The summed E-state index contributed by atoms with van der Waals surface area (Å²) >= 11 is 0. The van der Waals surface area contributed by atoms with E-state index in [0.29, 0.717) is 55.4 Å². The number of aliphatic hydroxyl groups excluding tert-OH is 1. The van der Waals surface area contributed by atoms with Crippen LogP contribution in [0.5, 0.6) is 5.75 Å². The molecule has 4 rings (SSSR count). The number of likely N-dealkylation sites (N-methyl/N-ethyl adjacent to an activating group) is 1. The number of para-hydroxylation sites is 1. The number of nitrogens with zero attached hydrogens (tertiary/aromatic N) is 3. The molecule has 3 N–H and O–H groups in total. The topological polar surface area (TPSA) is 124 Å². The molecule has 1 saturated heterocycles. The molecule has 0 unspecified atom stereocenters. The van der Waals surface area contributed by atoms with Crippen LogP contribution in [0.2, 0.25) is 0 Å². The van der Waals surface area contributed by atoms with Crippen LogP contribution in [-0.4, -0.2) is 109 Å². The van der Waals surface area contributed by atoms with E-state index >= 15 is 0 Å². The van der Waals surface area contributed by atoms with Gasteiger partial charge >= 0.3 is 6.03 Å². The van der Waals surface area contributed by atoms with E-state index in [4.69, 9.17) is 9.47 Å². The number of benzene rings is 2. The second-order valence-electron chi connectivity index (χ2n) is 10.8. The Balaban J connectivity index is 1.49. The molecule has 0 aromatic heterocycles. The average Bonchev–Trinajstić information content (AvgIpc) is 2.98. The molecule has 2 aliphatic rings. The number of hydrogen-bond acceptors (Lipinski definition) is 7. The molecule has 11 heteroatoms. The summed E-state index contributed by atoms with van der Waals surface area (Å²) in [6.07, 6.45) is -0.109. The van der Waals surface area contributed by atoms with E-state index in [1.807, 2.05) is 37.3 Å². The van der Waals surface area contributed by atoms with Crippen molar-refractivity contribution in [3.05, 3.63) is 54.1 Å². The summed E-state index contributed by atoms with van der Waals surface area (Å²) in [5.74, 6) is -0.210. The number of aliphatic hydroxyl groups is 1. The summed E-state index contributed by atoms with van der Waals surface area (Å²) in [5, 5.41) is 15.7. The van der Waals surface area contributed by atoms with Gasteiger partial charge in [-0.1, -0.05) is 25.1 Å². The summed E-state index contributed by atoms with van der Waals surface area (Å²) in [4.78, 5) is 44.6. The second kappa shape index (κ2) is 14.3. The first-order chi connectivity index (χ1) is 19.7. The molecule has 0 saturated carbocycles. The summed E-state index contributed by atoms with van der Waals surface area (Å²) in [7, 11) is 1.70. The molecule has 11 nitrogen and oxygen atoms in total. The molecule has 1 fully saturated rings. The third kappa shape index (κ3) is 8.18. The first-order valence-corrected chi connectivity index (χ1v) is 14.1. The summed E-state index contributed by atoms with van der Waals surface area (Å²) in [6.45, 7) is 7.74. The lowest BCUT2D eigenvalue weighted by Crippen LogP contribution is -2.50. The zero-order valence-corrected chi connectivity index (χ0v) is 24.0. The minimum absolute atomic E-state index is 0.145. The summed E-state index contributed by atoms with van der Waals surface area (Å²) < 4.78 is 11.7. The quantitative estimate of drug-likeness (QED) is 0.426. The maximum Gasteiger partial charge on any atom is 0.321 e. The van der Waals surface area contributed by atoms with Crippen molar-refractivity contribution in [2.75, 3.05) is 70.2 Å². The molecule has 222 valence electrons. The second-order valence-corrected chi connectivity index (χ2v) is 10.8. The predicted octanol–water partition coefficient (Wildman–Crippen LogP) is 2.73. The number of nitrogens with one attached hydrogen (secondary N) is 2. The SMILES string of the molecule is C[C@H]1CN([C@@H](C)CO)C(=O)c2cc(NC(=O)CCN3CCOCC3)ccc2O[C@H]1CN(C)C(=O)Nc1ccccc1. The first kappa shape index (κ1) is 30.3. The molecule has 41 heavy (non-hydrogen) atoms. The number of carbonyl (C=O) groups is 3. The average molecular weight is 568 g/mol. The van der Waals surface area contributed by atoms with Crippen LogP contribution in [-0.2, 0) is 9.53 Å². The van der Waals surface area contributed by atoms with Gasteiger partial charge in [-0.25, -0.2) is 4.79 Å². The number of fused-ring (bicyclic) bond motifs is 1. The Morgan fingerprint density at radius 3 is 2.54 bits per heavy atom. The number of amides is 4. The van der Waals surface area contributed by atoms with Gasteiger partial charge in [0.15, 0.2) is 0 Å². The maximum absolute atomic E-state index is 13.7. The van der Waals surface area contributed by atoms with E-state index in [0.717, 1.165) is 13.1 Å². The Morgan fingerprint density at radius 2 is 1.83 bits per heavy atom. The van der Waals surface area contributed by atoms with Gasteiger partial charge in [0.05, 0.1) is 38.0 Å². The van der Waals surface area contributed by atoms with Crippen LogP contribution in [0.4, 0.5) is 16.2 Å². The van der Waals surface area contributed by atoms with Gasteiger partial charge in [-0.3, -0.25) is 14.5 Å². The minimum Gasteiger partial charge on any atom is -0.487 e.